The van der Waals surface area contributed by atoms with Crippen molar-refractivity contribution in [1.29, 1.82) is 0 Å². The van der Waals surface area contributed by atoms with E-state index < -0.39 is 170 Å². The van der Waals surface area contributed by atoms with Crippen molar-refractivity contribution in [3.63, 3.8) is 0 Å². The van der Waals surface area contributed by atoms with E-state index in [1.807, 2.05) is 91.0 Å². The average Bonchev–Trinajstić information content (AvgIpc) is 1.41. The molecule has 8 aromatic carbocycles. The van der Waals surface area contributed by atoms with Crippen molar-refractivity contribution in [1.82, 2.24) is 60.5 Å². The fourth-order valence-corrected chi connectivity index (χ4v) is 17.4. The van der Waals surface area contributed by atoms with Gasteiger partial charge in [0.05, 0.1) is 72.0 Å². The Morgan fingerprint density at radius 3 is 0.939 bits per heavy atom. The van der Waals surface area contributed by atoms with Crippen LogP contribution in [0.5, 0.6) is 0 Å². The third-order valence-electron chi connectivity index (χ3n) is 24.5. The van der Waals surface area contributed by atoms with Gasteiger partial charge in [-0.3, -0.25) is 98.4 Å². The molecule has 8 aromatic rings. The molecule has 688 valence electrons. The van der Waals surface area contributed by atoms with Crippen LogP contribution < -0.4 is 42.5 Å². The Labute approximate surface area is 797 Å². The molecule has 8 fully saturated rings. The van der Waals surface area contributed by atoms with Crippen LogP contribution in [0, 0.1) is 0 Å². The van der Waals surface area contributed by atoms with Gasteiger partial charge in [-0.05, 0) is 118 Å². The molecule has 20 rings (SSSR count). The fourth-order valence-electron chi connectivity index (χ4n) is 17.4. The number of amides is 12. The minimum Gasteiger partial charge on any atom is -0.381 e. The van der Waals surface area contributed by atoms with Crippen molar-refractivity contribution in [2.75, 3.05) is 126 Å². The summed E-state index contributed by atoms with van der Waals surface area (Å²) >= 11 is 0. The maximum atomic E-state index is 13.6. The van der Waals surface area contributed by atoms with Crippen LogP contribution in [0.1, 0.15) is 190 Å². The zero-order valence-electron chi connectivity index (χ0n) is 94.1. The van der Waals surface area contributed by atoms with Gasteiger partial charge in [0.1, 0.15) is 24.1 Å². The van der Waals surface area contributed by atoms with E-state index >= 15 is 0 Å². The number of nitrogens with one attached hydrogen (secondary N) is 8. The molecule has 0 radical (unpaired) electrons. The molecule has 0 aliphatic carbocycles. The van der Waals surface area contributed by atoms with Gasteiger partial charge >= 0.3 is 0 Å². The third-order valence-corrected chi connectivity index (χ3v) is 24.5. The normalized spacial score (nSPS) is 26.2. The number of benzene rings is 8. The van der Waals surface area contributed by atoms with E-state index in [-0.39, 0.29) is 138 Å². The molecule has 8 saturated heterocycles. The molecular formula is C100H112N16O16. The van der Waals surface area contributed by atoms with E-state index in [9.17, 15) is 57.5 Å². The predicted octanol–water partition coefficient (Wildman–Crippen LogP) is 7.57. The van der Waals surface area contributed by atoms with E-state index in [0.717, 1.165) is 120 Å². The first-order valence-corrected chi connectivity index (χ1v) is 43.7. The highest BCUT2D eigenvalue weighted by Gasteiger charge is 2.45. The lowest BCUT2D eigenvalue weighted by Gasteiger charge is -2.29. The zero-order chi connectivity index (χ0) is 111. The third kappa shape index (κ3) is 21.5. The molecule has 0 aromatic heterocycles. The lowest BCUT2D eigenvalue weighted by atomic mass is 10.0. The SMILES string of the molecule is [2H]c1c([2H])c(NCc2ccccc2CN2CCOCC2)c2c(c1[2H])C(=O)N(C1([2H])C(=O)NC(=O)C([2H])([2H])C1([2H])[2H])C2.[2H]c1c([2H])c(NCc2ccccc2CN2CCOCC2)c2c(c1[2H])C(=O)N(C1([2H])CCC(=O)NC1=O)C2.[2H]c1c([2H])c(NCc2ccccc2CN2CCOCC2)c2c(c1[2H])C(=O)N(C1C(=O)NC(=O)C([2H])([2H])C1([2H])[2H])C2.[2H]c1c([2H])c(NCc2ccccc2CN2CCOCC2)c2c(c1[2H])C(=O)N(C1CCC(=O)NC1=O)C2. The number of rotatable bonds is 24. The number of hydrogen-bond acceptors (Lipinski definition) is 24. The Balaban J connectivity index is 0.000000139. The molecule has 32 nitrogen and oxygen atoms in total. The number of imide groups is 4. The van der Waals surface area contributed by atoms with Crippen LogP contribution in [0.3, 0.4) is 0 Å². The van der Waals surface area contributed by atoms with Gasteiger partial charge in [-0.2, -0.15) is 0 Å². The summed E-state index contributed by atoms with van der Waals surface area (Å²) in [6.45, 7) is 14.7. The molecule has 132 heavy (non-hydrogen) atoms. The number of fused-ring (bicyclic) bond motifs is 4. The second-order valence-corrected chi connectivity index (χ2v) is 32.8. The Kier molecular flexibility index (Phi) is 21.7. The van der Waals surface area contributed by atoms with E-state index in [2.05, 4.69) is 57.6 Å². The lowest BCUT2D eigenvalue weighted by molar-refractivity contribution is -0.138. The van der Waals surface area contributed by atoms with Crippen LogP contribution in [-0.2, 0) is 136 Å². The van der Waals surface area contributed by atoms with Crippen molar-refractivity contribution in [2.45, 2.75) is 154 Å². The van der Waals surface area contributed by atoms with E-state index in [1.54, 1.807) is 10.6 Å². The van der Waals surface area contributed by atoms with Crippen LogP contribution in [0.2, 0.25) is 0 Å². The maximum absolute atomic E-state index is 13.6. The molecule has 8 N–H and O–H groups in total. The summed E-state index contributed by atoms with van der Waals surface area (Å²) in [5, 5.41) is 20.6. The summed E-state index contributed by atoms with van der Waals surface area (Å²) < 4.78 is 205. The van der Waals surface area contributed by atoms with Gasteiger partial charge in [0, 0.05) is 235 Å². The standard InChI is InChI=1S/4C25H28N4O4/c4*30-23-9-8-22(24(31)27-23)29-16-20-19(25(29)32)6-3-7-21(20)26-14-17-4-1-2-5-18(17)15-28-10-12-33-13-11-28/h4*1-7,22,26H,8-16H2,(H,27,30,31)/i3D,6D,7D,8D2,9D2,22D;3D,6D,7D,8D2,9D2;3D,6D,7D,22D;3D,6D,7D. The molecular weight excluding hydrogens is 1680 g/mol. The highest BCUT2D eigenvalue weighted by atomic mass is 16.5. The van der Waals surface area contributed by atoms with Crippen LogP contribution >= 0.6 is 0 Å². The molecule has 12 amide bonds. The first-order valence-electron chi connectivity index (χ1n) is 54.7. The number of morpholine rings is 4. The Hall–Kier alpha value is -12.9. The first-order chi connectivity index (χ1) is 73.1. The Morgan fingerprint density at radius 1 is 0.318 bits per heavy atom. The first kappa shape index (κ1) is 67.3. The fraction of sp³-hybridized carbons (Fsp3) is 0.400. The van der Waals surface area contributed by atoms with Crippen LogP contribution in [0.4, 0.5) is 22.7 Å². The van der Waals surface area contributed by atoms with Crippen molar-refractivity contribution in [3.8, 4) is 0 Å². The molecule has 0 bridgehead atoms. The van der Waals surface area contributed by atoms with Gasteiger partial charge < -0.3 is 59.8 Å². The average molecular weight is 1820 g/mol. The van der Waals surface area contributed by atoms with E-state index in [4.69, 9.17) is 49.1 Å². The number of nitrogens with zero attached hydrogens (tertiary/aromatic N) is 8. The van der Waals surface area contributed by atoms with Crippen LogP contribution in [-0.4, -0.2) is 239 Å². The highest BCUT2D eigenvalue weighted by Crippen LogP contribution is 2.39. The quantitative estimate of drug-likeness (QED) is 0.0270. The maximum Gasteiger partial charge on any atom is 0.255 e. The minimum atomic E-state index is -3.47. The molecule has 12 aliphatic rings. The van der Waals surface area contributed by atoms with Gasteiger partial charge in [0.2, 0.25) is 47.3 Å². The van der Waals surface area contributed by atoms with Gasteiger partial charge in [-0.25, -0.2) is 0 Å². The molecule has 0 spiro atoms. The van der Waals surface area contributed by atoms with E-state index in [0.29, 0.717) is 101 Å². The smallest absolute Gasteiger partial charge is 0.255 e. The summed E-state index contributed by atoms with van der Waals surface area (Å²) in [6.07, 6.45) is -12.9. The second-order valence-electron chi connectivity index (χ2n) is 32.8. The minimum absolute atomic E-state index is 0.0116. The van der Waals surface area contributed by atoms with Crippen molar-refractivity contribution < 1.29 is 107 Å². The summed E-state index contributed by atoms with van der Waals surface area (Å²) in [5.74, 6) is -11.3. The highest BCUT2D eigenvalue weighted by molar-refractivity contribution is 6.09. The molecule has 4 atom stereocenters. The summed E-state index contributed by atoms with van der Waals surface area (Å²) in [7, 11) is 0. The number of ether oxygens (including phenoxy) is 4. The van der Waals surface area contributed by atoms with Gasteiger partial charge in [-0.15, -0.1) is 0 Å². The van der Waals surface area contributed by atoms with Crippen LogP contribution in [0.25, 0.3) is 0 Å². The summed E-state index contributed by atoms with van der Waals surface area (Å²) in [5.41, 5.74) is 9.03. The number of piperidine rings is 4. The van der Waals surface area contributed by atoms with Crippen molar-refractivity contribution in [3.05, 3.63) is 259 Å². The molecule has 32 heteroatoms. The predicted molar refractivity (Wildman–Crippen MR) is 489 cm³/mol. The van der Waals surface area contributed by atoms with Gasteiger partial charge in [-0.1, -0.05) is 121 Å². The molecule has 4 unspecified atom stereocenters. The van der Waals surface area contributed by atoms with Gasteiger partial charge in [0.25, 0.3) is 23.6 Å². The number of carbonyl (C=O) groups is 12. The Morgan fingerprint density at radius 2 is 0.591 bits per heavy atom. The topological polar surface area (TPSA) is 364 Å². The lowest BCUT2D eigenvalue weighted by Crippen LogP contribution is -2.52. The van der Waals surface area contributed by atoms with E-state index in [1.165, 1.54) is 4.90 Å². The molecule has 12 aliphatic heterocycles. The van der Waals surface area contributed by atoms with Gasteiger partial charge in [0.15, 0.2) is 0 Å². The Bertz CT molecular complexity index is 6980. The van der Waals surface area contributed by atoms with Crippen molar-refractivity contribution >= 4 is 93.6 Å². The number of anilines is 4. The molecule has 0 saturated carbocycles. The van der Waals surface area contributed by atoms with Crippen molar-refractivity contribution in [2.24, 2.45) is 0 Å². The number of hydrogen-bond donors (Lipinski definition) is 8. The summed E-state index contributed by atoms with van der Waals surface area (Å²) in [6, 6.07) is 18.4. The largest absolute Gasteiger partial charge is 0.381 e. The molecule has 12 heterocycles. The zero-order valence-corrected chi connectivity index (χ0v) is 72.1. The second kappa shape index (κ2) is 42.5. The van der Waals surface area contributed by atoms with Crippen LogP contribution in [0.15, 0.2) is 170 Å². The monoisotopic (exact) mass is 1810 g/mol. The summed E-state index contributed by atoms with van der Waals surface area (Å²) in [4.78, 5) is 164. The number of carbonyl (C=O) groups excluding carboxylic acids is 12.